The fourth-order valence-electron chi connectivity index (χ4n) is 1.94. The lowest BCUT2D eigenvalue weighted by molar-refractivity contribution is 0.0328. The summed E-state index contributed by atoms with van der Waals surface area (Å²) in [6.45, 7) is 0. The Morgan fingerprint density at radius 1 is 1.39 bits per heavy atom. The first-order valence-corrected chi connectivity index (χ1v) is 5.59. The molecule has 1 aliphatic carbocycles. The minimum Gasteiger partial charge on any atom is -0.381 e. The molecule has 18 heavy (non-hydrogen) atoms. The summed E-state index contributed by atoms with van der Waals surface area (Å²) in [4.78, 5) is 11.0. The van der Waals surface area contributed by atoms with E-state index in [2.05, 4.69) is 5.32 Å². The van der Waals surface area contributed by atoms with Gasteiger partial charge in [-0.05, 0) is 18.9 Å². The molecule has 1 aromatic rings. The topological polar surface area (TPSA) is 64.3 Å². The van der Waals surface area contributed by atoms with Crippen LogP contribution < -0.4 is 11.1 Å². The van der Waals surface area contributed by atoms with Gasteiger partial charge >= 0.3 is 0 Å². The molecule has 0 unspecified atom stereocenters. The Hall–Kier alpha value is -1.69. The number of anilines is 1. The van der Waals surface area contributed by atoms with Crippen LogP contribution in [0.15, 0.2) is 12.1 Å². The van der Waals surface area contributed by atoms with Gasteiger partial charge in [0.25, 0.3) is 5.91 Å². The van der Waals surface area contributed by atoms with Gasteiger partial charge in [0, 0.05) is 19.2 Å². The number of carbonyl (C=O) groups is 1. The first-order valence-electron chi connectivity index (χ1n) is 5.59. The normalized spacial score (nSPS) is 22.4. The molecule has 0 atom stereocenters. The summed E-state index contributed by atoms with van der Waals surface area (Å²) >= 11 is 0. The zero-order valence-corrected chi connectivity index (χ0v) is 9.87. The van der Waals surface area contributed by atoms with Crippen molar-refractivity contribution >= 4 is 11.6 Å². The smallest absolute Gasteiger partial charge is 0.251 e. The molecule has 1 aromatic carbocycles. The van der Waals surface area contributed by atoms with E-state index in [-0.39, 0.29) is 23.4 Å². The highest BCUT2D eigenvalue weighted by atomic mass is 19.1. The number of hydrogen-bond acceptors (Lipinski definition) is 3. The number of rotatable bonds is 4. The quantitative estimate of drug-likeness (QED) is 0.861. The molecule has 0 saturated heterocycles. The van der Waals surface area contributed by atoms with Gasteiger partial charge in [-0.1, -0.05) is 0 Å². The maximum Gasteiger partial charge on any atom is 0.251 e. The molecule has 1 aliphatic rings. The lowest BCUT2D eigenvalue weighted by atomic mass is 9.89. The van der Waals surface area contributed by atoms with Crippen LogP contribution >= 0.6 is 0 Å². The molecule has 0 aliphatic heterocycles. The SMILES string of the molecule is COC1CC(Nc2cc(C(N)=O)c(F)cc2F)C1. The van der Waals surface area contributed by atoms with Gasteiger partial charge in [0.15, 0.2) is 0 Å². The molecular weight excluding hydrogens is 242 g/mol. The van der Waals surface area contributed by atoms with Crippen LogP contribution in [-0.4, -0.2) is 25.2 Å². The van der Waals surface area contributed by atoms with Gasteiger partial charge in [-0.25, -0.2) is 8.78 Å². The molecular formula is C12H14F2N2O2. The van der Waals surface area contributed by atoms with Crippen molar-refractivity contribution in [3.8, 4) is 0 Å². The van der Waals surface area contributed by atoms with Gasteiger partial charge < -0.3 is 15.8 Å². The molecule has 1 saturated carbocycles. The zero-order chi connectivity index (χ0) is 13.3. The van der Waals surface area contributed by atoms with E-state index in [1.807, 2.05) is 0 Å². The summed E-state index contributed by atoms with van der Waals surface area (Å²) in [5, 5.41) is 2.90. The summed E-state index contributed by atoms with van der Waals surface area (Å²) in [6.07, 6.45) is 1.67. The van der Waals surface area contributed by atoms with Crippen molar-refractivity contribution in [2.75, 3.05) is 12.4 Å². The molecule has 98 valence electrons. The van der Waals surface area contributed by atoms with Crippen LogP contribution in [0.3, 0.4) is 0 Å². The number of nitrogens with two attached hydrogens (primary N) is 1. The number of primary amides is 1. The number of halogens is 2. The van der Waals surface area contributed by atoms with Crippen LogP contribution in [-0.2, 0) is 4.74 Å². The highest BCUT2D eigenvalue weighted by Crippen LogP contribution is 2.28. The predicted molar refractivity (Wildman–Crippen MR) is 62.3 cm³/mol. The Morgan fingerprint density at radius 3 is 2.61 bits per heavy atom. The van der Waals surface area contributed by atoms with E-state index in [0.29, 0.717) is 6.07 Å². The fourth-order valence-corrected chi connectivity index (χ4v) is 1.94. The Morgan fingerprint density at radius 2 is 2.06 bits per heavy atom. The average molecular weight is 256 g/mol. The third-order valence-electron chi connectivity index (χ3n) is 3.11. The molecule has 0 radical (unpaired) electrons. The molecule has 6 heteroatoms. The van der Waals surface area contributed by atoms with Gasteiger partial charge in [0.05, 0.1) is 17.4 Å². The van der Waals surface area contributed by atoms with Gasteiger partial charge in [-0.3, -0.25) is 4.79 Å². The number of amides is 1. The number of hydrogen-bond donors (Lipinski definition) is 2. The largest absolute Gasteiger partial charge is 0.381 e. The molecule has 0 bridgehead atoms. The highest BCUT2D eigenvalue weighted by Gasteiger charge is 2.29. The van der Waals surface area contributed by atoms with E-state index in [0.717, 1.165) is 18.9 Å². The number of benzene rings is 1. The van der Waals surface area contributed by atoms with Crippen LogP contribution in [0.25, 0.3) is 0 Å². The first kappa shape index (κ1) is 12.8. The maximum atomic E-state index is 13.5. The van der Waals surface area contributed by atoms with Crippen molar-refractivity contribution in [3.05, 3.63) is 29.3 Å². The predicted octanol–water partition coefficient (Wildman–Crippen LogP) is 1.65. The fraction of sp³-hybridized carbons (Fsp3) is 0.417. The molecule has 4 nitrogen and oxygen atoms in total. The summed E-state index contributed by atoms with van der Waals surface area (Å²) in [5.41, 5.74) is 4.77. The molecule has 1 amide bonds. The third-order valence-corrected chi connectivity index (χ3v) is 3.11. The molecule has 0 heterocycles. The third kappa shape index (κ3) is 2.43. The lowest BCUT2D eigenvalue weighted by Crippen LogP contribution is -2.40. The van der Waals surface area contributed by atoms with Crippen molar-refractivity contribution in [2.45, 2.75) is 25.0 Å². The zero-order valence-electron chi connectivity index (χ0n) is 9.87. The second-order valence-corrected chi connectivity index (χ2v) is 4.35. The average Bonchev–Trinajstić information content (AvgIpc) is 2.24. The minimum atomic E-state index is -0.950. The lowest BCUT2D eigenvalue weighted by Gasteiger charge is -2.35. The van der Waals surface area contributed by atoms with E-state index in [1.165, 1.54) is 0 Å². The Kier molecular flexibility index (Phi) is 3.47. The summed E-state index contributed by atoms with van der Waals surface area (Å²) in [5.74, 6) is -2.61. The second-order valence-electron chi connectivity index (χ2n) is 4.35. The van der Waals surface area contributed by atoms with Crippen LogP contribution in [0.5, 0.6) is 0 Å². The Bertz CT molecular complexity index is 473. The monoisotopic (exact) mass is 256 g/mol. The van der Waals surface area contributed by atoms with Crippen molar-refractivity contribution < 1.29 is 18.3 Å². The molecule has 0 aromatic heterocycles. The minimum absolute atomic E-state index is 0.0654. The molecule has 1 fully saturated rings. The van der Waals surface area contributed by atoms with Gasteiger partial charge in [0.2, 0.25) is 0 Å². The number of carbonyl (C=O) groups excluding carboxylic acids is 1. The van der Waals surface area contributed by atoms with Crippen LogP contribution in [0.1, 0.15) is 23.2 Å². The molecule has 3 N–H and O–H groups in total. The van der Waals surface area contributed by atoms with Crippen LogP contribution in [0, 0.1) is 11.6 Å². The van der Waals surface area contributed by atoms with Crippen molar-refractivity contribution in [2.24, 2.45) is 5.73 Å². The van der Waals surface area contributed by atoms with Gasteiger partial charge in [-0.15, -0.1) is 0 Å². The van der Waals surface area contributed by atoms with E-state index in [4.69, 9.17) is 10.5 Å². The van der Waals surface area contributed by atoms with E-state index in [1.54, 1.807) is 7.11 Å². The van der Waals surface area contributed by atoms with Gasteiger partial charge in [-0.2, -0.15) is 0 Å². The summed E-state index contributed by atoms with van der Waals surface area (Å²) in [6, 6.07) is 1.83. The van der Waals surface area contributed by atoms with Crippen LogP contribution in [0.2, 0.25) is 0 Å². The van der Waals surface area contributed by atoms with E-state index in [9.17, 15) is 13.6 Å². The summed E-state index contributed by atoms with van der Waals surface area (Å²) in [7, 11) is 1.62. The number of nitrogens with one attached hydrogen (secondary N) is 1. The Labute approximate surface area is 103 Å². The van der Waals surface area contributed by atoms with E-state index < -0.39 is 17.5 Å². The maximum absolute atomic E-state index is 13.5. The van der Waals surface area contributed by atoms with Crippen molar-refractivity contribution in [3.63, 3.8) is 0 Å². The number of methoxy groups -OCH3 is 1. The van der Waals surface area contributed by atoms with Gasteiger partial charge in [0.1, 0.15) is 11.6 Å². The van der Waals surface area contributed by atoms with E-state index >= 15 is 0 Å². The molecule has 0 spiro atoms. The standard InChI is InChI=1S/C12H14F2N2O2/c1-18-7-2-6(3-7)16-11-4-8(12(15)17)9(13)5-10(11)14/h4-7,16H,2-3H2,1H3,(H2,15,17). The summed E-state index contributed by atoms with van der Waals surface area (Å²) < 4.78 is 31.8. The van der Waals surface area contributed by atoms with Crippen molar-refractivity contribution in [1.82, 2.24) is 0 Å². The van der Waals surface area contributed by atoms with Crippen LogP contribution in [0.4, 0.5) is 14.5 Å². The first-order chi connectivity index (χ1) is 8.51. The highest BCUT2D eigenvalue weighted by molar-refractivity contribution is 5.94. The second kappa shape index (κ2) is 4.89. The Balaban J connectivity index is 2.13. The number of ether oxygens (including phenoxy) is 1. The molecule has 2 rings (SSSR count). The van der Waals surface area contributed by atoms with Crippen molar-refractivity contribution in [1.29, 1.82) is 0 Å².